The van der Waals surface area contributed by atoms with Gasteiger partial charge in [0.2, 0.25) is 0 Å². The van der Waals surface area contributed by atoms with Crippen molar-refractivity contribution in [1.82, 2.24) is 4.98 Å². The highest BCUT2D eigenvalue weighted by Gasteiger charge is 2.20. The lowest BCUT2D eigenvalue weighted by Gasteiger charge is -2.21. The lowest BCUT2D eigenvalue weighted by atomic mass is 9.91. The molecule has 0 spiro atoms. The van der Waals surface area contributed by atoms with Gasteiger partial charge in [0.25, 0.3) is 0 Å². The van der Waals surface area contributed by atoms with Gasteiger partial charge in [-0.3, -0.25) is 4.98 Å². The molecule has 1 aromatic rings. The monoisotopic (exact) mass is 197 g/mol. The summed E-state index contributed by atoms with van der Waals surface area (Å²) in [7, 11) is 1.66. The molecule has 0 aliphatic carbocycles. The summed E-state index contributed by atoms with van der Waals surface area (Å²) in [6.07, 6.45) is 1.76. The van der Waals surface area contributed by atoms with Crippen molar-refractivity contribution in [3.8, 4) is 5.75 Å². The third kappa shape index (κ3) is 2.37. The predicted octanol–water partition coefficient (Wildman–Crippen LogP) is 2.30. The number of pyridine rings is 1. The summed E-state index contributed by atoms with van der Waals surface area (Å²) >= 11 is 4.30. The van der Waals surface area contributed by atoms with Crippen molar-refractivity contribution < 1.29 is 4.74 Å². The molecule has 0 aromatic carbocycles. The fourth-order valence-corrected chi connectivity index (χ4v) is 1.15. The van der Waals surface area contributed by atoms with Crippen LogP contribution in [0.1, 0.15) is 19.5 Å². The Labute approximate surface area is 84.7 Å². The smallest absolute Gasteiger partial charge is 0.122 e. The maximum atomic E-state index is 5.13. The van der Waals surface area contributed by atoms with Crippen LogP contribution in [-0.4, -0.2) is 17.8 Å². The van der Waals surface area contributed by atoms with Gasteiger partial charge >= 0.3 is 0 Å². The zero-order valence-corrected chi connectivity index (χ0v) is 9.14. The van der Waals surface area contributed by atoms with Gasteiger partial charge in [0, 0.05) is 23.4 Å². The lowest BCUT2D eigenvalue weighted by Crippen LogP contribution is -2.20. The molecular weight excluding hydrogens is 182 g/mol. The Hall–Kier alpha value is -0.700. The number of nitrogens with zero attached hydrogens (tertiary/aromatic N) is 1. The largest absolute Gasteiger partial charge is 0.497 e. The molecule has 0 amide bonds. The molecule has 0 bridgehead atoms. The molecule has 0 unspecified atom stereocenters. The Morgan fingerprint density at radius 3 is 2.77 bits per heavy atom. The summed E-state index contributed by atoms with van der Waals surface area (Å²) < 4.78 is 5.13. The summed E-state index contributed by atoms with van der Waals surface area (Å²) in [6.45, 7) is 4.23. The Bertz CT molecular complexity index is 286. The fraction of sp³-hybridized carbons (Fsp3) is 0.500. The number of hydrogen-bond acceptors (Lipinski definition) is 3. The van der Waals surface area contributed by atoms with Crippen LogP contribution in [0.5, 0.6) is 5.75 Å². The van der Waals surface area contributed by atoms with E-state index in [9.17, 15) is 0 Å². The molecule has 13 heavy (non-hydrogen) atoms. The van der Waals surface area contributed by atoms with Crippen molar-refractivity contribution in [3.63, 3.8) is 0 Å². The first-order valence-corrected chi connectivity index (χ1v) is 4.85. The van der Waals surface area contributed by atoms with Crippen LogP contribution in [0.15, 0.2) is 18.3 Å². The van der Waals surface area contributed by atoms with Crippen LogP contribution < -0.4 is 4.74 Å². The zero-order chi connectivity index (χ0) is 9.90. The highest BCUT2D eigenvalue weighted by Crippen LogP contribution is 2.24. The Kier molecular flexibility index (Phi) is 3.20. The topological polar surface area (TPSA) is 22.1 Å². The molecule has 1 heterocycles. The van der Waals surface area contributed by atoms with Gasteiger partial charge in [0.1, 0.15) is 5.75 Å². The molecule has 0 saturated carbocycles. The molecule has 1 aromatic heterocycles. The third-order valence-corrected chi connectivity index (χ3v) is 2.85. The normalized spacial score (nSPS) is 11.4. The molecule has 0 radical (unpaired) electrons. The van der Waals surface area contributed by atoms with Gasteiger partial charge in [0.15, 0.2) is 0 Å². The molecule has 3 heteroatoms. The van der Waals surface area contributed by atoms with Crippen LogP contribution in [0.3, 0.4) is 0 Å². The van der Waals surface area contributed by atoms with Crippen molar-refractivity contribution in [2.75, 3.05) is 12.9 Å². The van der Waals surface area contributed by atoms with Gasteiger partial charge in [-0.25, -0.2) is 0 Å². The molecule has 0 N–H and O–H groups in total. The maximum Gasteiger partial charge on any atom is 0.122 e. The van der Waals surface area contributed by atoms with E-state index in [0.717, 1.165) is 17.2 Å². The zero-order valence-electron chi connectivity index (χ0n) is 8.24. The van der Waals surface area contributed by atoms with E-state index < -0.39 is 0 Å². The van der Waals surface area contributed by atoms with E-state index in [1.165, 1.54) is 0 Å². The van der Waals surface area contributed by atoms with Crippen molar-refractivity contribution in [3.05, 3.63) is 24.0 Å². The van der Waals surface area contributed by atoms with E-state index in [2.05, 4.69) is 31.5 Å². The second kappa shape index (κ2) is 4.01. The maximum absolute atomic E-state index is 5.13. The van der Waals surface area contributed by atoms with Gasteiger partial charge < -0.3 is 4.74 Å². The van der Waals surface area contributed by atoms with Crippen molar-refractivity contribution in [1.29, 1.82) is 0 Å². The number of ether oxygens (including phenoxy) is 1. The van der Waals surface area contributed by atoms with Crippen molar-refractivity contribution >= 4 is 12.6 Å². The van der Waals surface area contributed by atoms with Gasteiger partial charge in [-0.05, 0) is 6.07 Å². The van der Waals surface area contributed by atoms with E-state index in [0.29, 0.717) is 0 Å². The molecule has 0 saturated heterocycles. The van der Waals surface area contributed by atoms with E-state index in [1.54, 1.807) is 13.3 Å². The van der Waals surface area contributed by atoms with Crippen LogP contribution >= 0.6 is 12.6 Å². The van der Waals surface area contributed by atoms with Crippen LogP contribution in [0.4, 0.5) is 0 Å². The standard InChI is InChI=1S/C10H15NOS/c1-10(2,7-13)9-6-8(12-3)4-5-11-9/h4-6,13H,7H2,1-3H3. The average Bonchev–Trinajstić information content (AvgIpc) is 2.18. The molecule has 1 rings (SSSR count). The minimum atomic E-state index is -0.00233. The Morgan fingerprint density at radius 1 is 1.54 bits per heavy atom. The van der Waals surface area contributed by atoms with Gasteiger partial charge in [-0.1, -0.05) is 13.8 Å². The second-order valence-electron chi connectivity index (χ2n) is 3.62. The molecule has 2 nitrogen and oxygen atoms in total. The molecular formula is C10H15NOS. The molecule has 0 fully saturated rings. The fourth-order valence-electron chi connectivity index (χ4n) is 0.989. The van der Waals surface area contributed by atoms with E-state index in [-0.39, 0.29) is 5.41 Å². The molecule has 0 aliphatic rings. The number of thiol groups is 1. The molecule has 72 valence electrons. The summed E-state index contributed by atoms with van der Waals surface area (Å²) in [4.78, 5) is 4.30. The van der Waals surface area contributed by atoms with Crippen LogP contribution in [0.25, 0.3) is 0 Å². The quantitative estimate of drug-likeness (QED) is 0.751. The molecule has 0 aliphatic heterocycles. The summed E-state index contributed by atoms with van der Waals surface area (Å²) in [5.74, 6) is 1.62. The Morgan fingerprint density at radius 2 is 2.23 bits per heavy atom. The van der Waals surface area contributed by atoms with E-state index >= 15 is 0 Å². The first-order valence-electron chi connectivity index (χ1n) is 4.21. The summed E-state index contributed by atoms with van der Waals surface area (Å²) in [5, 5.41) is 0. The van der Waals surface area contributed by atoms with E-state index in [4.69, 9.17) is 4.74 Å². The van der Waals surface area contributed by atoms with Crippen molar-refractivity contribution in [2.24, 2.45) is 0 Å². The van der Waals surface area contributed by atoms with E-state index in [1.807, 2.05) is 12.1 Å². The lowest BCUT2D eigenvalue weighted by molar-refractivity contribution is 0.411. The number of rotatable bonds is 3. The van der Waals surface area contributed by atoms with Gasteiger partial charge in [-0.2, -0.15) is 12.6 Å². The first-order chi connectivity index (χ1) is 6.10. The third-order valence-electron chi connectivity index (χ3n) is 2.06. The minimum Gasteiger partial charge on any atom is -0.497 e. The Balaban J connectivity index is 3.01. The van der Waals surface area contributed by atoms with Crippen LogP contribution in [0.2, 0.25) is 0 Å². The predicted molar refractivity (Wildman–Crippen MR) is 57.7 cm³/mol. The highest BCUT2D eigenvalue weighted by atomic mass is 32.1. The van der Waals surface area contributed by atoms with Crippen molar-refractivity contribution in [2.45, 2.75) is 19.3 Å². The number of hydrogen-bond donors (Lipinski definition) is 1. The van der Waals surface area contributed by atoms with Crippen LogP contribution in [-0.2, 0) is 5.41 Å². The number of aromatic nitrogens is 1. The summed E-state index contributed by atoms with van der Waals surface area (Å²) in [6, 6.07) is 3.80. The molecule has 0 atom stereocenters. The summed E-state index contributed by atoms with van der Waals surface area (Å²) in [5.41, 5.74) is 1.01. The first kappa shape index (κ1) is 10.4. The van der Waals surface area contributed by atoms with Gasteiger partial charge in [0.05, 0.1) is 12.8 Å². The van der Waals surface area contributed by atoms with Crippen LogP contribution in [0, 0.1) is 0 Å². The SMILES string of the molecule is COc1ccnc(C(C)(C)CS)c1. The average molecular weight is 197 g/mol. The minimum absolute atomic E-state index is 0.00233. The van der Waals surface area contributed by atoms with Gasteiger partial charge in [-0.15, -0.1) is 0 Å². The second-order valence-corrected chi connectivity index (χ2v) is 3.94. The number of methoxy groups -OCH3 is 1. The highest BCUT2D eigenvalue weighted by molar-refractivity contribution is 7.80.